The summed E-state index contributed by atoms with van der Waals surface area (Å²) in [6.45, 7) is 3.71. The average Bonchev–Trinajstić information content (AvgIpc) is 3.41. The number of fused-ring (bicyclic) bond motifs is 1. The molecule has 2 aliphatic rings. The molecule has 0 unspecified atom stereocenters. The van der Waals surface area contributed by atoms with Gasteiger partial charge in [-0.2, -0.15) is 10.4 Å². The average molecular weight is 614 g/mol. The summed E-state index contributed by atoms with van der Waals surface area (Å²) in [5.41, 5.74) is 3.62. The van der Waals surface area contributed by atoms with Crippen molar-refractivity contribution in [3.05, 3.63) is 66.1 Å². The van der Waals surface area contributed by atoms with Gasteiger partial charge in [-0.3, -0.25) is 4.79 Å². The summed E-state index contributed by atoms with van der Waals surface area (Å²) < 4.78 is 34.0. The van der Waals surface area contributed by atoms with E-state index in [4.69, 9.17) is 19.8 Å². The molecule has 12 heteroatoms. The van der Waals surface area contributed by atoms with E-state index in [0.29, 0.717) is 17.1 Å². The molecule has 44 heavy (non-hydrogen) atoms. The van der Waals surface area contributed by atoms with Gasteiger partial charge in [-0.05, 0) is 67.5 Å². The third-order valence-electron chi connectivity index (χ3n) is 8.52. The molecule has 11 nitrogen and oxygen atoms in total. The van der Waals surface area contributed by atoms with Crippen LogP contribution in [0.1, 0.15) is 54.7 Å². The van der Waals surface area contributed by atoms with Gasteiger partial charge in [0.25, 0.3) is 5.91 Å². The lowest BCUT2D eigenvalue weighted by atomic mass is 9.73. The number of hydrogen-bond acceptors (Lipinski definition) is 9. The Morgan fingerprint density at radius 1 is 1.14 bits per heavy atom. The maximum atomic E-state index is 13.4. The van der Waals surface area contributed by atoms with Crippen molar-refractivity contribution in [3.8, 4) is 22.9 Å². The third kappa shape index (κ3) is 6.02. The molecule has 0 atom stereocenters. The number of piperidine rings is 1. The Morgan fingerprint density at radius 2 is 1.89 bits per heavy atom. The predicted molar refractivity (Wildman–Crippen MR) is 167 cm³/mol. The van der Waals surface area contributed by atoms with Crippen molar-refractivity contribution in [2.45, 2.75) is 38.5 Å². The molecule has 3 aromatic heterocycles. The number of nitrogens with zero attached hydrogens (tertiary/aromatic N) is 6. The van der Waals surface area contributed by atoms with Crippen LogP contribution in [0.4, 0.5) is 5.82 Å². The number of para-hydroxylation sites is 1. The van der Waals surface area contributed by atoms with Crippen LogP contribution in [0.25, 0.3) is 27.8 Å². The van der Waals surface area contributed by atoms with Gasteiger partial charge < -0.3 is 9.64 Å². The quantitative estimate of drug-likeness (QED) is 0.290. The maximum Gasteiger partial charge on any atom is 0.283 e. The van der Waals surface area contributed by atoms with Crippen molar-refractivity contribution in [2.24, 2.45) is 11.8 Å². The standard InChI is InChI=1S/C32H35N7O4S/c1-21-16-24(17-21)30-29-26(23-8-9-28(34-20-23)38-12-10-22(19-33)11-13-38)18-27(32(40)37-44(41,42)15-14-43-2)35-31(29)39(36-30)25-6-4-3-5-7-25/h3-9,18,20-22,24H,10-17H2,1-2H3,(H,37,40)/t21-,24-. The first-order chi connectivity index (χ1) is 21.3. The number of nitrogens with one attached hydrogen (secondary N) is 1. The monoisotopic (exact) mass is 613 g/mol. The van der Waals surface area contributed by atoms with E-state index < -0.39 is 15.9 Å². The molecule has 1 aliphatic heterocycles. The van der Waals surface area contributed by atoms with Crippen molar-refractivity contribution >= 4 is 32.8 Å². The smallest absolute Gasteiger partial charge is 0.283 e. The Balaban J connectivity index is 1.47. The minimum atomic E-state index is -3.94. The first-order valence-electron chi connectivity index (χ1n) is 14.9. The highest BCUT2D eigenvalue weighted by Crippen LogP contribution is 2.45. The summed E-state index contributed by atoms with van der Waals surface area (Å²) in [5.74, 6) is 0.544. The number of nitriles is 1. The molecule has 1 N–H and O–H groups in total. The lowest BCUT2D eigenvalue weighted by molar-refractivity contribution is 0.0976. The zero-order valence-electron chi connectivity index (χ0n) is 24.8. The molecule has 4 aromatic rings. The van der Waals surface area contributed by atoms with E-state index in [1.165, 1.54) is 7.11 Å². The third-order valence-corrected chi connectivity index (χ3v) is 9.72. The van der Waals surface area contributed by atoms with E-state index >= 15 is 0 Å². The molecule has 1 aromatic carbocycles. The fourth-order valence-electron chi connectivity index (χ4n) is 6.05. The number of ether oxygens (including phenoxy) is 1. The zero-order chi connectivity index (χ0) is 30.8. The molecule has 6 rings (SSSR count). The number of aromatic nitrogens is 4. The number of benzene rings is 1. The molecule has 1 aliphatic carbocycles. The van der Waals surface area contributed by atoms with Crippen molar-refractivity contribution in [3.63, 3.8) is 0 Å². The highest BCUT2D eigenvalue weighted by atomic mass is 32.2. The normalized spacial score (nSPS) is 19.0. The van der Waals surface area contributed by atoms with Gasteiger partial charge >= 0.3 is 0 Å². The second-order valence-corrected chi connectivity index (χ2v) is 13.5. The largest absolute Gasteiger partial charge is 0.384 e. The number of rotatable bonds is 9. The van der Waals surface area contributed by atoms with E-state index in [0.717, 1.165) is 66.9 Å². The molecule has 0 spiro atoms. The van der Waals surface area contributed by atoms with Crippen LogP contribution in [-0.2, 0) is 14.8 Å². The van der Waals surface area contributed by atoms with Crippen LogP contribution in [0.2, 0.25) is 0 Å². The molecule has 1 saturated carbocycles. The van der Waals surface area contributed by atoms with Gasteiger partial charge in [0.1, 0.15) is 11.5 Å². The molecule has 1 saturated heterocycles. The van der Waals surface area contributed by atoms with Crippen LogP contribution in [0.15, 0.2) is 54.7 Å². The molecular formula is C32H35N7O4S. The number of carbonyl (C=O) groups excluding carboxylic acids is 1. The van der Waals surface area contributed by atoms with Gasteiger partial charge in [-0.1, -0.05) is 25.1 Å². The summed E-state index contributed by atoms with van der Waals surface area (Å²) in [7, 11) is -2.54. The number of pyridine rings is 2. The van der Waals surface area contributed by atoms with E-state index in [-0.39, 0.29) is 29.9 Å². The first kappa shape index (κ1) is 29.7. The number of carbonyl (C=O) groups is 1. The number of anilines is 1. The Hall–Kier alpha value is -4.34. The van der Waals surface area contributed by atoms with Gasteiger partial charge in [0.2, 0.25) is 10.0 Å². The lowest BCUT2D eigenvalue weighted by Crippen LogP contribution is -2.34. The van der Waals surface area contributed by atoms with Gasteiger partial charge in [0.05, 0.1) is 35.2 Å². The van der Waals surface area contributed by atoms with Crippen molar-refractivity contribution < 1.29 is 17.9 Å². The Morgan fingerprint density at radius 3 is 2.52 bits per heavy atom. The SMILES string of the molecule is COCCS(=O)(=O)NC(=O)c1cc(-c2ccc(N3CCC(C#N)CC3)nc2)c2c(n1)n(-c1ccccc1)nc2[C@H]1C[C@H](C)C1. The molecular weight excluding hydrogens is 578 g/mol. The fourth-order valence-corrected chi connectivity index (χ4v) is 6.93. The minimum absolute atomic E-state index is 0.0400. The van der Waals surface area contributed by atoms with E-state index in [2.05, 4.69) is 22.6 Å². The van der Waals surface area contributed by atoms with Gasteiger partial charge in [-0.25, -0.2) is 27.8 Å². The summed E-state index contributed by atoms with van der Waals surface area (Å²) >= 11 is 0. The lowest BCUT2D eigenvalue weighted by Gasteiger charge is -2.31. The van der Waals surface area contributed by atoms with E-state index in [1.54, 1.807) is 16.9 Å². The van der Waals surface area contributed by atoms with Crippen LogP contribution < -0.4 is 9.62 Å². The van der Waals surface area contributed by atoms with Gasteiger partial charge in [-0.15, -0.1) is 0 Å². The molecule has 228 valence electrons. The highest BCUT2D eigenvalue weighted by molar-refractivity contribution is 7.90. The van der Waals surface area contributed by atoms with Crippen molar-refractivity contribution in [1.29, 1.82) is 5.26 Å². The van der Waals surface area contributed by atoms with Crippen LogP contribution in [-0.4, -0.2) is 66.6 Å². The Bertz CT molecular complexity index is 1800. The second-order valence-electron chi connectivity index (χ2n) is 11.7. The number of sulfonamides is 1. The molecule has 4 heterocycles. The maximum absolute atomic E-state index is 13.4. The summed E-state index contributed by atoms with van der Waals surface area (Å²) in [6, 6.07) is 17.5. The predicted octanol–water partition coefficient (Wildman–Crippen LogP) is 4.44. The molecule has 2 fully saturated rings. The zero-order valence-corrected chi connectivity index (χ0v) is 25.6. The Kier molecular flexibility index (Phi) is 8.33. The highest BCUT2D eigenvalue weighted by Gasteiger charge is 2.33. The summed E-state index contributed by atoms with van der Waals surface area (Å²) in [5, 5.41) is 15.2. The number of amides is 1. The molecule has 0 radical (unpaired) electrons. The number of hydrogen-bond donors (Lipinski definition) is 1. The van der Waals surface area contributed by atoms with E-state index in [9.17, 15) is 18.5 Å². The second kappa shape index (κ2) is 12.3. The van der Waals surface area contributed by atoms with Crippen molar-refractivity contribution in [1.82, 2.24) is 24.5 Å². The minimum Gasteiger partial charge on any atom is -0.384 e. The van der Waals surface area contributed by atoms with Crippen LogP contribution in [0.3, 0.4) is 0 Å². The number of methoxy groups -OCH3 is 1. The Labute approximate surface area is 256 Å². The van der Waals surface area contributed by atoms with Crippen LogP contribution in [0.5, 0.6) is 0 Å². The summed E-state index contributed by atoms with van der Waals surface area (Å²) in [4.78, 5) is 25.1. The van der Waals surface area contributed by atoms with E-state index in [1.807, 2.05) is 42.5 Å². The fraction of sp³-hybridized carbons (Fsp3) is 0.406. The van der Waals surface area contributed by atoms with Crippen LogP contribution >= 0.6 is 0 Å². The molecule has 0 bridgehead atoms. The summed E-state index contributed by atoms with van der Waals surface area (Å²) in [6.07, 6.45) is 5.38. The van der Waals surface area contributed by atoms with Crippen molar-refractivity contribution in [2.75, 3.05) is 37.5 Å². The van der Waals surface area contributed by atoms with Crippen LogP contribution in [0, 0.1) is 23.2 Å². The van der Waals surface area contributed by atoms with Gasteiger partial charge in [0.15, 0.2) is 5.65 Å². The first-order valence-corrected chi connectivity index (χ1v) is 16.6. The topological polar surface area (TPSA) is 143 Å². The van der Waals surface area contributed by atoms with Gasteiger partial charge in [0, 0.05) is 43.8 Å². The molecule has 1 amide bonds.